The van der Waals surface area contributed by atoms with Crippen molar-refractivity contribution in [1.29, 1.82) is 0 Å². The van der Waals surface area contributed by atoms with Crippen molar-refractivity contribution in [3.8, 4) is 6.01 Å². The smallest absolute Gasteiger partial charge is 0.316 e. The SMILES string of the molecule is O=C(Cn1ccc2ccccc21)N1CCC(COc2ncc(Br)cn2)CC1. The first-order chi connectivity index (χ1) is 13.2. The average Bonchev–Trinajstić information content (AvgIpc) is 3.11. The van der Waals surface area contributed by atoms with Crippen LogP contribution >= 0.6 is 15.9 Å². The van der Waals surface area contributed by atoms with Gasteiger partial charge in [0, 0.05) is 37.2 Å². The Morgan fingerprint density at radius 3 is 2.67 bits per heavy atom. The number of halogens is 1. The second kappa shape index (κ2) is 8.08. The highest BCUT2D eigenvalue weighted by Crippen LogP contribution is 2.20. The lowest BCUT2D eigenvalue weighted by molar-refractivity contribution is -0.133. The number of benzene rings is 1. The molecule has 0 bridgehead atoms. The molecule has 1 aliphatic heterocycles. The highest BCUT2D eigenvalue weighted by Gasteiger charge is 2.23. The highest BCUT2D eigenvalue weighted by atomic mass is 79.9. The molecule has 27 heavy (non-hydrogen) atoms. The van der Waals surface area contributed by atoms with Gasteiger partial charge in [0.1, 0.15) is 6.54 Å². The third-order valence-electron chi connectivity index (χ3n) is 5.00. The number of aromatic nitrogens is 3. The fraction of sp³-hybridized carbons (Fsp3) is 0.350. The zero-order valence-electron chi connectivity index (χ0n) is 14.9. The van der Waals surface area contributed by atoms with E-state index in [9.17, 15) is 4.79 Å². The van der Waals surface area contributed by atoms with Crippen LogP contribution in [-0.2, 0) is 11.3 Å². The predicted molar refractivity (Wildman–Crippen MR) is 106 cm³/mol. The Morgan fingerprint density at radius 2 is 1.89 bits per heavy atom. The molecule has 1 aromatic carbocycles. The van der Waals surface area contributed by atoms with E-state index in [1.165, 1.54) is 0 Å². The zero-order valence-corrected chi connectivity index (χ0v) is 16.5. The van der Waals surface area contributed by atoms with Gasteiger partial charge in [-0.25, -0.2) is 9.97 Å². The molecule has 1 saturated heterocycles. The summed E-state index contributed by atoms with van der Waals surface area (Å²) in [7, 11) is 0. The summed E-state index contributed by atoms with van der Waals surface area (Å²) in [6, 6.07) is 10.6. The van der Waals surface area contributed by atoms with Crippen LogP contribution in [-0.4, -0.2) is 45.0 Å². The highest BCUT2D eigenvalue weighted by molar-refractivity contribution is 9.10. The normalized spacial score (nSPS) is 15.2. The van der Waals surface area contributed by atoms with Gasteiger partial charge >= 0.3 is 6.01 Å². The number of carbonyl (C=O) groups excluding carboxylic acids is 1. The van der Waals surface area contributed by atoms with Crippen LogP contribution in [0.2, 0.25) is 0 Å². The van der Waals surface area contributed by atoms with E-state index in [1.807, 2.05) is 27.8 Å². The molecule has 0 atom stereocenters. The Hall–Kier alpha value is -2.41. The number of para-hydroxylation sites is 1. The van der Waals surface area contributed by atoms with E-state index >= 15 is 0 Å². The fourth-order valence-electron chi connectivity index (χ4n) is 3.44. The number of carbonyl (C=O) groups is 1. The maximum Gasteiger partial charge on any atom is 0.316 e. The molecule has 0 aliphatic carbocycles. The van der Waals surface area contributed by atoms with Crippen LogP contribution in [0.1, 0.15) is 12.8 Å². The molecular weight excluding hydrogens is 408 g/mol. The number of rotatable bonds is 5. The van der Waals surface area contributed by atoms with Crippen molar-refractivity contribution < 1.29 is 9.53 Å². The first kappa shape index (κ1) is 18.0. The van der Waals surface area contributed by atoms with E-state index in [0.717, 1.165) is 41.3 Å². The van der Waals surface area contributed by atoms with Gasteiger partial charge in [0.2, 0.25) is 5.91 Å². The van der Waals surface area contributed by atoms with Gasteiger partial charge in [-0.05, 0) is 52.2 Å². The number of nitrogens with zero attached hydrogens (tertiary/aromatic N) is 4. The van der Waals surface area contributed by atoms with Gasteiger partial charge in [-0.2, -0.15) is 0 Å². The number of hydrogen-bond acceptors (Lipinski definition) is 4. The van der Waals surface area contributed by atoms with Gasteiger partial charge in [-0.15, -0.1) is 0 Å². The van der Waals surface area contributed by atoms with Crippen molar-refractivity contribution in [1.82, 2.24) is 19.4 Å². The van der Waals surface area contributed by atoms with Crippen LogP contribution < -0.4 is 4.74 Å². The minimum absolute atomic E-state index is 0.173. The van der Waals surface area contributed by atoms with E-state index in [0.29, 0.717) is 25.1 Å². The molecule has 0 saturated carbocycles. The van der Waals surface area contributed by atoms with E-state index in [4.69, 9.17) is 4.74 Å². The van der Waals surface area contributed by atoms with Gasteiger partial charge in [0.25, 0.3) is 0 Å². The number of hydrogen-bond donors (Lipinski definition) is 0. The van der Waals surface area contributed by atoms with E-state index in [1.54, 1.807) is 12.4 Å². The zero-order chi connectivity index (χ0) is 18.6. The summed E-state index contributed by atoms with van der Waals surface area (Å²) in [4.78, 5) is 22.9. The lowest BCUT2D eigenvalue weighted by atomic mass is 9.98. The monoisotopic (exact) mass is 428 g/mol. The van der Waals surface area contributed by atoms with Crippen LogP contribution in [0.15, 0.2) is 53.4 Å². The molecule has 3 heterocycles. The number of piperidine rings is 1. The molecule has 4 rings (SSSR count). The second-order valence-electron chi connectivity index (χ2n) is 6.82. The Morgan fingerprint density at radius 1 is 1.15 bits per heavy atom. The standard InChI is InChI=1S/C20H21BrN4O2/c21-17-11-22-20(23-12-17)27-14-15-5-8-24(9-6-15)19(26)13-25-10-7-16-3-1-2-4-18(16)25/h1-4,7,10-12,15H,5-6,8-9,13-14H2. The van der Waals surface area contributed by atoms with Crippen LogP contribution in [0.3, 0.4) is 0 Å². The topological polar surface area (TPSA) is 60.2 Å². The van der Waals surface area contributed by atoms with Gasteiger partial charge in [-0.3, -0.25) is 4.79 Å². The van der Waals surface area contributed by atoms with Crippen molar-refractivity contribution in [2.75, 3.05) is 19.7 Å². The van der Waals surface area contributed by atoms with Crippen LogP contribution in [0, 0.1) is 5.92 Å². The minimum Gasteiger partial charge on any atom is -0.463 e. The molecule has 140 valence electrons. The third-order valence-corrected chi connectivity index (χ3v) is 5.41. The Kier molecular flexibility index (Phi) is 5.38. The van der Waals surface area contributed by atoms with Crippen molar-refractivity contribution in [2.45, 2.75) is 19.4 Å². The number of ether oxygens (including phenoxy) is 1. The molecule has 0 N–H and O–H groups in total. The van der Waals surface area contributed by atoms with Crippen LogP contribution in [0.5, 0.6) is 6.01 Å². The summed E-state index contributed by atoms with van der Waals surface area (Å²) in [5, 5.41) is 1.16. The van der Waals surface area contributed by atoms with Gasteiger partial charge in [0.05, 0.1) is 11.1 Å². The fourth-order valence-corrected chi connectivity index (χ4v) is 3.65. The van der Waals surface area contributed by atoms with E-state index in [2.05, 4.69) is 44.1 Å². The second-order valence-corrected chi connectivity index (χ2v) is 7.74. The number of amides is 1. The van der Waals surface area contributed by atoms with Crippen molar-refractivity contribution >= 4 is 32.7 Å². The summed E-state index contributed by atoms with van der Waals surface area (Å²) in [5.41, 5.74) is 1.10. The minimum atomic E-state index is 0.173. The summed E-state index contributed by atoms with van der Waals surface area (Å²) in [6.07, 6.45) is 7.22. The quantitative estimate of drug-likeness (QED) is 0.623. The Labute approximate surface area is 166 Å². The summed E-state index contributed by atoms with van der Waals surface area (Å²) < 4.78 is 8.54. The Bertz CT molecular complexity index is 917. The van der Waals surface area contributed by atoms with Gasteiger partial charge in [-0.1, -0.05) is 18.2 Å². The molecule has 0 radical (unpaired) electrons. The summed E-state index contributed by atoms with van der Waals surface area (Å²) in [6.45, 7) is 2.52. The predicted octanol–water partition coefficient (Wildman–Crippen LogP) is 3.51. The van der Waals surface area contributed by atoms with Gasteiger partial charge < -0.3 is 14.2 Å². The largest absolute Gasteiger partial charge is 0.463 e. The van der Waals surface area contributed by atoms with Crippen molar-refractivity contribution in [2.24, 2.45) is 5.92 Å². The lowest BCUT2D eigenvalue weighted by Crippen LogP contribution is -2.41. The first-order valence-electron chi connectivity index (χ1n) is 9.11. The number of likely N-dealkylation sites (tertiary alicyclic amines) is 1. The molecule has 3 aromatic rings. The molecule has 0 unspecified atom stereocenters. The Balaban J connectivity index is 1.27. The maximum atomic E-state index is 12.7. The molecule has 0 spiro atoms. The first-order valence-corrected chi connectivity index (χ1v) is 9.90. The van der Waals surface area contributed by atoms with Crippen LogP contribution in [0.25, 0.3) is 10.9 Å². The van der Waals surface area contributed by atoms with E-state index in [-0.39, 0.29) is 5.91 Å². The molecule has 6 nitrogen and oxygen atoms in total. The third kappa shape index (κ3) is 4.30. The maximum absolute atomic E-state index is 12.7. The molecule has 1 amide bonds. The lowest BCUT2D eigenvalue weighted by Gasteiger charge is -2.32. The van der Waals surface area contributed by atoms with Crippen molar-refractivity contribution in [3.05, 3.63) is 53.4 Å². The molecule has 7 heteroatoms. The summed E-state index contributed by atoms with van der Waals surface area (Å²) in [5.74, 6) is 0.598. The van der Waals surface area contributed by atoms with E-state index < -0.39 is 0 Å². The van der Waals surface area contributed by atoms with Crippen LogP contribution in [0.4, 0.5) is 0 Å². The molecule has 1 aliphatic rings. The average molecular weight is 429 g/mol. The van der Waals surface area contributed by atoms with Gasteiger partial charge in [0.15, 0.2) is 0 Å². The molecule has 1 fully saturated rings. The molecular formula is C20H21BrN4O2. The summed E-state index contributed by atoms with van der Waals surface area (Å²) >= 11 is 3.31. The number of fused-ring (bicyclic) bond motifs is 1. The molecule has 2 aromatic heterocycles. The van der Waals surface area contributed by atoms with Crippen molar-refractivity contribution in [3.63, 3.8) is 0 Å².